The maximum Gasteiger partial charge on any atom is 0.240 e. The zero-order valence-electron chi connectivity index (χ0n) is 16.6. The summed E-state index contributed by atoms with van der Waals surface area (Å²) in [7, 11) is 0.404. The Morgan fingerprint density at radius 2 is 1.79 bits per heavy atom. The van der Waals surface area contributed by atoms with Crippen LogP contribution in [0.2, 0.25) is 0 Å². The number of aryl methyl sites for hydroxylation is 2. The number of nitrogens with one attached hydrogen (secondary N) is 1. The highest BCUT2D eigenvalue weighted by Crippen LogP contribution is 2.30. The molecule has 0 fully saturated rings. The van der Waals surface area contributed by atoms with Crippen LogP contribution >= 0.6 is 0 Å². The van der Waals surface area contributed by atoms with Crippen LogP contribution in [-0.2, 0) is 29.3 Å². The molecule has 28 heavy (non-hydrogen) atoms. The van der Waals surface area contributed by atoms with E-state index in [1.165, 1.54) is 23.1 Å². The highest BCUT2D eigenvalue weighted by molar-refractivity contribution is 7.89. The molecule has 5 nitrogen and oxygen atoms in total. The van der Waals surface area contributed by atoms with Crippen LogP contribution in [0.5, 0.6) is 5.75 Å². The highest BCUT2D eigenvalue weighted by atomic mass is 32.2. The largest absolute Gasteiger partial charge is 0.493 e. The SMILES string of the molecule is CN(C)C(CNS(=O)(=O)c1ccc2c(c1)CCCC2)c1ccc2c(c1)CCO2. The van der Waals surface area contributed by atoms with Gasteiger partial charge < -0.3 is 9.64 Å². The van der Waals surface area contributed by atoms with Gasteiger partial charge in [0.05, 0.1) is 11.5 Å². The van der Waals surface area contributed by atoms with E-state index in [9.17, 15) is 8.42 Å². The molecule has 1 N–H and O–H groups in total. The van der Waals surface area contributed by atoms with E-state index in [0.717, 1.165) is 43.6 Å². The van der Waals surface area contributed by atoms with Gasteiger partial charge in [-0.1, -0.05) is 18.2 Å². The van der Waals surface area contributed by atoms with Gasteiger partial charge in [0, 0.05) is 19.0 Å². The summed E-state index contributed by atoms with van der Waals surface area (Å²) in [6.07, 6.45) is 5.25. The third-order valence-corrected chi connectivity index (χ3v) is 7.24. The van der Waals surface area contributed by atoms with E-state index < -0.39 is 10.0 Å². The van der Waals surface area contributed by atoms with Crippen LogP contribution in [0.1, 0.15) is 41.1 Å². The average Bonchev–Trinajstić information content (AvgIpc) is 3.15. The minimum absolute atomic E-state index is 0.0432. The van der Waals surface area contributed by atoms with E-state index in [1.54, 1.807) is 6.07 Å². The van der Waals surface area contributed by atoms with E-state index in [-0.39, 0.29) is 6.04 Å². The van der Waals surface area contributed by atoms with Gasteiger partial charge in [-0.15, -0.1) is 0 Å². The fraction of sp³-hybridized carbons (Fsp3) is 0.455. The molecule has 1 heterocycles. The number of hydrogen-bond acceptors (Lipinski definition) is 4. The molecule has 0 radical (unpaired) electrons. The van der Waals surface area contributed by atoms with E-state index in [4.69, 9.17) is 4.74 Å². The summed E-state index contributed by atoms with van der Waals surface area (Å²) in [5.74, 6) is 0.941. The van der Waals surface area contributed by atoms with Gasteiger partial charge in [-0.25, -0.2) is 13.1 Å². The molecule has 1 aliphatic carbocycles. The number of hydrogen-bond donors (Lipinski definition) is 1. The minimum Gasteiger partial charge on any atom is -0.493 e. The molecule has 1 aliphatic heterocycles. The number of fused-ring (bicyclic) bond motifs is 2. The lowest BCUT2D eigenvalue weighted by Gasteiger charge is -2.25. The van der Waals surface area contributed by atoms with Gasteiger partial charge in [0.1, 0.15) is 5.75 Å². The molecule has 0 saturated carbocycles. The van der Waals surface area contributed by atoms with Crippen molar-refractivity contribution in [3.05, 3.63) is 58.7 Å². The summed E-state index contributed by atoms with van der Waals surface area (Å²) in [6, 6.07) is 11.7. The maximum atomic E-state index is 12.9. The molecular formula is C22H28N2O3S. The Morgan fingerprint density at radius 1 is 1.00 bits per heavy atom. The smallest absolute Gasteiger partial charge is 0.240 e. The Morgan fingerprint density at radius 3 is 2.57 bits per heavy atom. The summed E-state index contributed by atoms with van der Waals surface area (Å²) < 4.78 is 34.2. The van der Waals surface area contributed by atoms with Crippen molar-refractivity contribution in [3.63, 3.8) is 0 Å². The van der Waals surface area contributed by atoms with E-state index in [0.29, 0.717) is 11.4 Å². The molecule has 0 amide bonds. The van der Waals surface area contributed by atoms with Crippen LogP contribution in [0.3, 0.4) is 0 Å². The summed E-state index contributed by atoms with van der Waals surface area (Å²) in [6.45, 7) is 1.04. The van der Waals surface area contributed by atoms with Gasteiger partial charge in [0.2, 0.25) is 10.0 Å². The monoisotopic (exact) mass is 400 g/mol. The summed E-state index contributed by atoms with van der Waals surface area (Å²) in [5, 5.41) is 0. The molecule has 2 aromatic rings. The number of benzene rings is 2. The predicted molar refractivity (Wildman–Crippen MR) is 110 cm³/mol. The topological polar surface area (TPSA) is 58.6 Å². The van der Waals surface area contributed by atoms with Crippen molar-refractivity contribution in [3.8, 4) is 5.75 Å². The number of nitrogens with zero attached hydrogens (tertiary/aromatic N) is 1. The number of ether oxygens (including phenoxy) is 1. The molecule has 4 rings (SSSR count). The van der Waals surface area contributed by atoms with Crippen molar-refractivity contribution < 1.29 is 13.2 Å². The Labute approximate surface area is 167 Å². The molecule has 2 aromatic carbocycles. The maximum absolute atomic E-state index is 12.9. The Hall–Kier alpha value is -1.89. The molecule has 0 spiro atoms. The molecule has 0 aromatic heterocycles. The standard InChI is InChI=1S/C22H28N2O3S/c1-24(2)21(18-8-10-22-19(13-18)11-12-27-22)15-23-28(25,26)20-9-7-16-5-3-4-6-17(16)14-20/h7-10,13-14,21,23H,3-6,11-12,15H2,1-2H3. The molecule has 2 aliphatic rings. The van der Waals surface area contributed by atoms with Crippen molar-refractivity contribution in [1.82, 2.24) is 9.62 Å². The summed E-state index contributed by atoms with van der Waals surface area (Å²) in [5.41, 5.74) is 4.76. The molecule has 6 heteroatoms. The molecule has 1 atom stereocenters. The Bertz CT molecular complexity index is 970. The summed E-state index contributed by atoms with van der Waals surface area (Å²) >= 11 is 0. The van der Waals surface area contributed by atoms with Gasteiger partial charge in [-0.3, -0.25) is 0 Å². The predicted octanol–water partition coefficient (Wildman–Crippen LogP) is 3.08. The first-order valence-corrected chi connectivity index (χ1v) is 11.5. The third-order valence-electron chi connectivity index (χ3n) is 5.82. The zero-order valence-corrected chi connectivity index (χ0v) is 17.4. The van der Waals surface area contributed by atoms with Crippen molar-refractivity contribution in [2.75, 3.05) is 27.2 Å². The van der Waals surface area contributed by atoms with Crippen molar-refractivity contribution in [2.45, 2.75) is 43.0 Å². The molecular weight excluding hydrogens is 372 g/mol. The van der Waals surface area contributed by atoms with Gasteiger partial charge in [0.25, 0.3) is 0 Å². The first-order valence-electron chi connectivity index (χ1n) is 9.97. The molecule has 0 bridgehead atoms. The normalized spacial score (nSPS) is 17.1. The highest BCUT2D eigenvalue weighted by Gasteiger charge is 2.23. The number of likely N-dealkylation sites (N-methyl/N-ethyl adjacent to an activating group) is 1. The second-order valence-corrected chi connectivity index (χ2v) is 9.70. The van der Waals surface area contributed by atoms with Crippen LogP contribution in [0.25, 0.3) is 0 Å². The fourth-order valence-corrected chi connectivity index (χ4v) is 5.25. The third kappa shape index (κ3) is 3.95. The van der Waals surface area contributed by atoms with E-state index >= 15 is 0 Å². The van der Waals surface area contributed by atoms with Crippen LogP contribution in [0.4, 0.5) is 0 Å². The van der Waals surface area contributed by atoms with Gasteiger partial charge in [0.15, 0.2) is 0 Å². The Balaban J connectivity index is 1.52. The van der Waals surface area contributed by atoms with Crippen molar-refractivity contribution in [2.24, 2.45) is 0 Å². The lowest BCUT2D eigenvalue weighted by atomic mass is 9.92. The quantitative estimate of drug-likeness (QED) is 0.810. The van der Waals surface area contributed by atoms with Crippen molar-refractivity contribution >= 4 is 10.0 Å². The first-order chi connectivity index (χ1) is 13.4. The van der Waals surface area contributed by atoms with Crippen LogP contribution in [0, 0.1) is 0 Å². The van der Waals surface area contributed by atoms with Gasteiger partial charge >= 0.3 is 0 Å². The van der Waals surface area contributed by atoms with Crippen molar-refractivity contribution in [1.29, 1.82) is 0 Å². The van der Waals surface area contributed by atoms with Crippen LogP contribution < -0.4 is 9.46 Å². The van der Waals surface area contributed by atoms with Crippen LogP contribution in [-0.4, -0.2) is 40.6 Å². The first kappa shape index (κ1) is 19.4. The number of sulfonamides is 1. The van der Waals surface area contributed by atoms with E-state index in [2.05, 4.69) is 10.8 Å². The number of rotatable bonds is 6. The van der Waals surface area contributed by atoms with Gasteiger partial charge in [-0.2, -0.15) is 0 Å². The fourth-order valence-electron chi connectivity index (χ4n) is 4.16. The minimum atomic E-state index is -3.54. The van der Waals surface area contributed by atoms with E-state index in [1.807, 2.05) is 43.3 Å². The molecule has 150 valence electrons. The van der Waals surface area contributed by atoms with Gasteiger partial charge in [-0.05, 0) is 80.2 Å². The molecule has 1 unspecified atom stereocenters. The second-order valence-electron chi connectivity index (χ2n) is 7.93. The average molecular weight is 401 g/mol. The van der Waals surface area contributed by atoms with Crippen LogP contribution in [0.15, 0.2) is 41.3 Å². The Kier molecular flexibility index (Phi) is 5.45. The lowest BCUT2D eigenvalue weighted by Crippen LogP contribution is -2.34. The zero-order chi connectivity index (χ0) is 19.7. The lowest BCUT2D eigenvalue weighted by molar-refractivity contribution is 0.299. The molecule has 0 saturated heterocycles. The second kappa shape index (κ2) is 7.85. The summed E-state index contributed by atoms with van der Waals surface area (Å²) in [4.78, 5) is 2.42.